The molecule has 0 spiro atoms. The van der Waals surface area contributed by atoms with Gasteiger partial charge in [-0.15, -0.1) is 0 Å². The molecule has 10 heteroatoms. The van der Waals surface area contributed by atoms with Gasteiger partial charge < -0.3 is 10.2 Å². The van der Waals surface area contributed by atoms with Crippen LogP contribution in [0.3, 0.4) is 0 Å². The van der Waals surface area contributed by atoms with Crippen molar-refractivity contribution in [2.75, 3.05) is 24.8 Å². The molecule has 1 N–H and O–H groups in total. The molecule has 4 nitrogen and oxygen atoms in total. The Morgan fingerprint density at radius 2 is 2.03 bits per heavy atom. The number of halogens is 5. The average molecular weight is 469 g/mol. The van der Waals surface area contributed by atoms with Crippen LogP contribution in [-0.2, 0) is 6.18 Å². The average Bonchev–Trinajstić information content (AvgIpc) is 2.73. The third-order valence-electron chi connectivity index (χ3n) is 4.77. The first-order valence-corrected chi connectivity index (χ1v) is 10.4. The molecule has 0 radical (unpaired) electrons. The van der Waals surface area contributed by atoms with Crippen molar-refractivity contribution in [2.24, 2.45) is 0 Å². The van der Waals surface area contributed by atoms with E-state index in [0.29, 0.717) is 21.7 Å². The number of nitrogens with one attached hydrogen (secondary N) is 1. The van der Waals surface area contributed by atoms with Gasteiger partial charge >= 0.3 is 6.18 Å². The van der Waals surface area contributed by atoms with Crippen LogP contribution in [0.1, 0.15) is 29.8 Å². The van der Waals surface area contributed by atoms with Gasteiger partial charge in [-0.3, -0.25) is 4.79 Å². The van der Waals surface area contributed by atoms with E-state index in [4.69, 9.17) is 0 Å². The molecule has 1 aromatic heterocycles. The van der Waals surface area contributed by atoms with Crippen molar-refractivity contribution >= 4 is 23.4 Å². The minimum Gasteiger partial charge on any atom is -0.349 e. The van der Waals surface area contributed by atoms with Gasteiger partial charge in [-0.25, -0.2) is 13.8 Å². The number of pyridine rings is 1. The van der Waals surface area contributed by atoms with Crippen molar-refractivity contribution in [3.63, 3.8) is 0 Å². The number of anilines is 1. The first-order valence-electron chi connectivity index (χ1n) is 9.57. The number of carbonyl (C=O) groups is 1. The molecular weight excluding hydrogens is 449 g/mol. The maximum atomic E-state index is 14.3. The van der Waals surface area contributed by atoms with Gasteiger partial charge in [-0.2, -0.15) is 13.2 Å². The predicted molar refractivity (Wildman–Crippen MR) is 113 cm³/mol. The monoisotopic (exact) mass is 469 g/mol. The van der Waals surface area contributed by atoms with E-state index in [1.54, 1.807) is 30.9 Å². The van der Waals surface area contributed by atoms with Gasteiger partial charge in [-0.1, -0.05) is 17.3 Å². The number of amides is 1. The number of hydrogen-bond acceptors (Lipinski definition) is 4. The third kappa shape index (κ3) is 5.29. The molecule has 2 heterocycles. The van der Waals surface area contributed by atoms with E-state index in [-0.39, 0.29) is 23.8 Å². The van der Waals surface area contributed by atoms with Crippen LogP contribution in [0.25, 0.3) is 0 Å². The Labute approximate surface area is 186 Å². The van der Waals surface area contributed by atoms with Crippen LogP contribution in [0.2, 0.25) is 0 Å². The van der Waals surface area contributed by atoms with Gasteiger partial charge in [-0.05, 0) is 50.3 Å². The molecule has 0 unspecified atom stereocenters. The molecule has 1 aliphatic heterocycles. The highest BCUT2D eigenvalue weighted by molar-refractivity contribution is 7.99. The highest BCUT2D eigenvalue weighted by Crippen LogP contribution is 2.39. The lowest BCUT2D eigenvalue weighted by atomic mass is 10.1. The summed E-state index contributed by atoms with van der Waals surface area (Å²) in [6.07, 6.45) is -2.45. The Hall–Kier alpha value is -2.88. The lowest BCUT2D eigenvalue weighted by Crippen LogP contribution is -2.44. The number of rotatable bonds is 6. The summed E-state index contributed by atoms with van der Waals surface area (Å²) < 4.78 is 66.7. The van der Waals surface area contributed by atoms with Gasteiger partial charge in [0.25, 0.3) is 5.91 Å². The van der Waals surface area contributed by atoms with Gasteiger partial charge in [0.05, 0.1) is 23.5 Å². The SMILES string of the molecule is CC(C)=C(CN1CNC(=O)c2cc(Sc3ncccc3C(F)(F)F)ccc21)C(F)=CCF. The number of aromatic nitrogens is 1. The Kier molecular flexibility index (Phi) is 7.22. The van der Waals surface area contributed by atoms with Crippen LogP contribution in [-0.4, -0.2) is 30.8 Å². The van der Waals surface area contributed by atoms with E-state index >= 15 is 0 Å². The fraction of sp³-hybridized carbons (Fsp3) is 0.273. The Balaban J connectivity index is 1.93. The standard InChI is InChI=1S/C22H20F5N3OS/c1-13(2)16(18(24)7-8-23)11-30-12-29-20(31)15-10-14(5-6-19(15)30)32-21-17(22(25,26)27)4-3-9-28-21/h3-7,9-10H,8,11-12H2,1-2H3,(H,29,31). The van der Waals surface area contributed by atoms with Crippen molar-refractivity contribution in [2.45, 2.75) is 29.9 Å². The zero-order chi connectivity index (χ0) is 23.5. The second-order valence-corrected chi connectivity index (χ2v) is 8.24. The molecule has 0 saturated heterocycles. The fourth-order valence-corrected chi connectivity index (χ4v) is 4.12. The van der Waals surface area contributed by atoms with Gasteiger partial charge in [0.1, 0.15) is 17.5 Å². The van der Waals surface area contributed by atoms with E-state index in [1.165, 1.54) is 18.3 Å². The van der Waals surface area contributed by atoms with Crippen LogP contribution >= 0.6 is 11.8 Å². The number of nitrogens with zero attached hydrogens (tertiary/aromatic N) is 2. The highest BCUT2D eigenvalue weighted by Gasteiger charge is 2.34. The molecule has 1 aromatic carbocycles. The molecule has 0 bridgehead atoms. The van der Waals surface area contributed by atoms with Crippen LogP contribution < -0.4 is 10.2 Å². The smallest absolute Gasteiger partial charge is 0.349 e. The summed E-state index contributed by atoms with van der Waals surface area (Å²) in [5.74, 6) is -1.07. The Morgan fingerprint density at radius 3 is 2.69 bits per heavy atom. The number of alkyl halides is 4. The number of allylic oxidation sites excluding steroid dienone is 2. The summed E-state index contributed by atoms with van der Waals surface area (Å²) in [7, 11) is 0. The summed E-state index contributed by atoms with van der Waals surface area (Å²) in [5.41, 5.74) is 0.840. The largest absolute Gasteiger partial charge is 0.419 e. The first kappa shape index (κ1) is 23.8. The summed E-state index contributed by atoms with van der Waals surface area (Å²) >= 11 is 0.798. The summed E-state index contributed by atoms with van der Waals surface area (Å²) in [5, 5.41) is 2.45. The maximum Gasteiger partial charge on any atom is 0.419 e. The first-order chi connectivity index (χ1) is 15.1. The molecule has 0 fully saturated rings. The molecule has 170 valence electrons. The maximum absolute atomic E-state index is 14.3. The molecular formula is C22H20F5N3OS. The van der Waals surface area contributed by atoms with Gasteiger partial charge in [0.15, 0.2) is 0 Å². The van der Waals surface area contributed by atoms with E-state index in [2.05, 4.69) is 10.3 Å². The number of benzene rings is 1. The van der Waals surface area contributed by atoms with Crippen molar-refractivity contribution in [1.29, 1.82) is 0 Å². The topological polar surface area (TPSA) is 45.2 Å². The van der Waals surface area contributed by atoms with Gasteiger partial charge in [0, 0.05) is 23.2 Å². The molecule has 2 aromatic rings. The van der Waals surface area contributed by atoms with E-state index in [9.17, 15) is 26.7 Å². The summed E-state index contributed by atoms with van der Waals surface area (Å²) in [4.78, 5) is 18.4. The zero-order valence-corrected chi connectivity index (χ0v) is 18.1. The van der Waals surface area contributed by atoms with Crippen molar-refractivity contribution in [1.82, 2.24) is 10.3 Å². The fourth-order valence-electron chi connectivity index (χ4n) is 3.18. The molecule has 1 amide bonds. The minimum atomic E-state index is -4.56. The zero-order valence-electron chi connectivity index (χ0n) is 17.3. The molecule has 3 rings (SSSR count). The molecule has 0 aliphatic carbocycles. The second-order valence-electron chi connectivity index (χ2n) is 7.18. The van der Waals surface area contributed by atoms with E-state index in [0.717, 1.165) is 23.9 Å². The quantitative estimate of drug-likeness (QED) is 0.422. The molecule has 32 heavy (non-hydrogen) atoms. The van der Waals surface area contributed by atoms with E-state index in [1.807, 2.05) is 0 Å². The lowest BCUT2D eigenvalue weighted by Gasteiger charge is -2.32. The highest BCUT2D eigenvalue weighted by atomic mass is 32.2. The van der Waals surface area contributed by atoms with Crippen molar-refractivity contribution in [3.8, 4) is 0 Å². The summed E-state index contributed by atoms with van der Waals surface area (Å²) in [6.45, 7) is 2.66. The van der Waals surface area contributed by atoms with Crippen molar-refractivity contribution < 1.29 is 26.7 Å². The number of fused-ring (bicyclic) bond motifs is 1. The Bertz CT molecular complexity index is 1080. The van der Waals surface area contributed by atoms with Crippen LogP contribution in [0.5, 0.6) is 0 Å². The summed E-state index contributed by atoms with van der Waals surface area (Å²) in [6, 6.07) is 6.82. The predicted octanol–water partition coefficient (Wildman–Crippen LogP) is 5.92. The molecule has 0 saturated carbocycles. The van der Waals surface area contributed by atoms with Gasteiger partial charge in [0.2, 0.25) is 0 Å². The number of carbonyl (C=O) groups excluding carboxylic acids is 1. The normalized spacial score (nSPS) is 14.2. The second kappa shape index (κ2) is 9.72. The molecule has 0 atom stereocenters. The number of hydrogen-bond donors (Lipinski definition) is 1. The molecule has 1 aliphatic rings. The third-order valence-corrected chi connectivity index (χ3v) is 5.78. The van der Waals surface area contributed by atoms with E-state index < -0.39 is 30.1 Å². The lowest BCUT2D eigenvalue weighted by molar-refractivity contribution is -0.140. The van der Waals surface area contributed by atoms with Crippen LogP contribution in [0, 0.1) is 0 Å². The van der Waals surface area contributed by atoms with Crippen LogP contribution in [0.4, 0.5) is 27.6 Å². The Morgan fingerprint density at radius 1 is 1.28 bits per heavy atom. The minimum absolute atomic E-state index is 0.0862. The van der Waals surface area contributed by atoms with Crippen LogP contribution in [0.15, 0.2) is 69.5 Å². The van der Waals surface area contributed by atoms with Crippen molar-refractivity contribution in [3.05, 3.63) is 70.7 Å².